The maximum atomic E-state index is 2.56. The summed E-state index contributed by atoms with van der Waals surface area (Å²) in [5, 5.41) is 6.61. The van der Waals surface area contributed by atoms with E-state index < -0.39 is 13.5 Å². The van der Waals surface area contributed by atoms with Crippen LogP contribution in [-0.2, 0) is 5.41 Å². The van der Waals surface area contributed by atoms with Crippen molar-refractivity contribution < 1.29 is 0 Å². The summed E-state index contributed by atoms with van der Waals surface area (Å²) in [6, 6.07) is 62.4. The predicted octanol–water partition coefficient (Wildman–Crippen LogP) is 13.5. The molecule has 0 heterocycles. The largest absolute Gasteiger partial charge is 0.310 e. The molecule has 0 aliphatic heterocycles. The average Bonchev–Trinajstić information content (AvgIpc) is 3.66. The highest BCUT2D eigenvalue weighted by Gasteiger charge is 2.53. The summed E-state index contributed by atoms with van der Waals surface area (Å²) in [6.07, 6.45) is 0. The van der Waals surface area contributed by atoms with Gasteiger partial charge in [0, 0.05) is 16.8 Å². The lowest BCUT2D eigenvalue weighted by Crippen LogP contribution is -2.37. The maximum Gasteiger partial charge on any atom is 0.0775 e. The van der Waals surface area contributed by atoms with E-state index in [4.69, 9.17) is 0 Å². The predicted molar refractivity (Wildman–Crippen MR) is 230 cm³/mol. The first-order valence-electron chi connectivity index (χ1n) is 19.1. The molecule has 2 heteroatoms. The van der Waals surface area contributed by atoms with Crippen molar-refractivity contribution in [3.8, 4) is 22.3 Å². The molecule has 0 fully saturated rings. The van der Waals surface area contributed by atoms with Crippen molar-refractivity contribution in [1.82, 2.24) is 0 Å². The van der Waals surface area contributed by atoms with Crippen molar-refractivity contribution in [2.24, 2.45) is 0 Å². The molecule has 2 aliphatic rings. The number of hydrogen-bond donors (Lipinski definition) is 0. The van der Waals surface area contributed by atoms with Gasteiger partial charge in [-0.05, 0) is 102 Å². The van der Waals surface area contributed by atoms with Gasteiger partial charge < -0.3 is 4.90 Å². The lowest BCUT2D eigenvalue weighted by molar-refractivity contribution is 0.802. The molecule has 1 nitrogen and oxygen atoms in total. The molecule has 0 saturated heterocycles. The van der Waals surface area contributed by atoms with Gasteiger partial charge in [0.25, 0.3) is 0 Å². The van der Waals surface area contributed by atoms with Crippen LogP contribution >= 0.6 is 0 Å². The minimum absolute atomic E-state index is 0.463. The van der Waals surface area contributed by atoms with E-state index in [1.165, 1.54) is 93.9 Å². The Morgan fingerprint density at radius 2 is 1.04 bits per heavy atom. The first kappa shape index (κ1) is 32.0. The molecule has 8 aromatic carbocycles. The third kappa shape index (κ3) is 4.55. The van der Waals surface area contributed by atoms with Gasteiger partial charge in [-0.15, -0.1) is 0 Å². The van der Waals surface area contributed by atoms with Crippen LogP contribution in [0.2, 0.25) is 19.6 Å². The molecular formula is C51H43NSi. The van der Waals surface area contributed by atoms with Crippen molar-refractivity contribution in [3.05, 3.63) is 192 Å². The fourth-order valence-electron chi connectivity index (χ4n) is 9.49. The Labute approximate surface area is 314 Å². The van der Waals surface area contributed by atoms with Gasteiger partial charge in [-0.3, -0.25) is 0 Å². The second-order valence-electron chi connectivity index (χ2n) is 16.3. The van der Waals surface area contributed by atoms with Crippen LogP contribution in [-0.4, -0.2) is 8.07 Å². The van der Waals surface area contributed by atoms with E-state index in [1.54, 1.807) is 0 Å². The topological polar surface area (TPSA) is 3.24 Å². The molecule has 0 aromatic heterocycles. The highest BCUT2D eigenvalue weighted by Crippen LogP contribution is 2.66. The third-order valence-corrected chi connectivity index (χ3v) is 14.1. The highest BCUT2D eigenvalue weighted by molar-refractivity contribution is 6.88. The van der Waals surface area contributed by atoms with Gasteiger partial charge in [0.15, 0.2) is 0 Å². The molecule has 0 atom stereocenters. The van der Waals surface area contributed by atoms with E-state index in [2.05, 4.69) is 202 Å². The van der Waals surface area contributed by atoms with Gasteiger partial charge in [0.1, 0.15) is 0 Å². The van der Waals surface area contributed by atoms with E-state index in [1.807, 2.05) is 0 Å². The molecule has 0 radical (unpaired) electrons. The van der Waals surface area contributed by atoms with Crippen LogP contribution in [0.25, 0.3) is 43.8 Å². The van der Waals surface area contributed by atoms with E-state index in [0.29, 0.717) is 5.92 Å². The second kappa shape index (κ2) is 11.7. The van der Waals surface area contributed by atoms with Crippen molar-refractivity contribution in [1.29, 1.82) is 0 Å². The average molecular weight is 698 g/mol. The molecule has 8 aromatic rings. The summed E-state index contributed by atoms with van der Waals surface area (Å²) < 4.78 is 0. The third-order valence-electron chi connectivity index (χ3n) is 12.0. The molecule has 0 unspecified atom stereocenters. The second-order valence-corrected chi connectivity index (χ2v) is 21.4. The van der Waals surface area contributed by atoms with Gasteiger partial charge in [-0.1, -0.05) is 172 Å². The van der Waals surface area contributed by atoms with E-state index in [9.17, 15) is 0 Å². The van der Waals surface area contributed by atoms with Crippen LogP contribution < -0.4 is 10.1 Å². The minimum Gasteiger partial charge on any atom is -0.310 e. The fourth-order valence-corrected chi connectivity index (χ4v) is 10.7. The zero-order valence-electron chi connectivity index (χ0n) is 31.1. The maximum absolute atomic E-state index is 2.56. The quantitative estimate of drug-likeness (QED) is 0.162. The van der Waals surface area contributed by atoms with Gasteiger partial charge in [-0.2, -0.15) is 0 Å². The minimum atomic E-state index is -1.49. The molecule has 53 heavy (non-hydrogen) atoms. The van der Waals surface area contributed by atoms with Gasteiger partial charge in [0.2, 0.25) is 0 Å². The summed E-state index contributed by atoms with van der Waals surface area (Å²) in [6.45, 7) is 11.8. The number of fused-ring (bicyclic) bond motifs is 14. The highest BCUT2D eigenvalue weighted by atomic mass is 28.3. The zero-order chi connectivity index (χ0) is 36.1. The van der Waals surface area contributed by atoms with E-state index in [0.717, 1.165) is 0 Å². The molecule has 10 rings (SSSR count). The lowest BCUT2D eigenvalue weighted by Gasteiger charge is -2.33. The summed E-state index contributed by atoms with van der Waals surface area (Å²) in [4.78, 5) is 2.52. The molecule has 0 amide bonds. The van der Waals surface area contributed by atoms with Crippen LogP contribution in [0.5, 0.6) is 0 Å². The Kier molecular flexibility index (Phi) is 7.03. The van der Waals surface area contributed by atoms with Crippen LogP contribution in [0.3, 0.4) is 0 Å². The standard InChI is InChI=1S/C51H43NSi/c1-33(2)34-22-25-36(26-23-34)52(37-27-29-38(30-28-37)53(3,4)5)48-32-47-49(43-19-9-8-18-42(43)48)44-31-24-35-14-6-7-15-39(35)50(44)51(47)45-20-12-10-16-40(45)41-17-11-13-21-46(41)51/h6-33H,1-5H3. The monoisotopic (exact) mass is 697 g/mol. The summed E-state index contributed by atoms with van der Waals surface area (Å²) >= 11 is 0. The number of hydrogen-bond acceptors (Lipinski definition) is 1. The molecule has 0 bridgehead atoms. The Bertz CT molecular complexity index is 2680. The Balaban J connectivity index is 1.35. The van der Waals surface area contributed by atoms with Crippen LogP contribution in [0, 0.1) is 0 Å². The first-order chi connectivity index (χ1) is 25.8. The van der Waals surface area contributed by atoms with Crippen molar-refractivity contribution in [2.45, 2.75) is 44.8 Å². The number of nitrogens with zero attached hydrogens (tertiary/aromatic N) is 1. The number of benzene rings is 8. The van der Waals surface area contributed by atoms with Gasteiger partial charge >= 0.3 is 0 Å². The van der Waals surface area contributed by atoms with Crippen molar-refractivity contribution >= 4 is 51.9 Å². The summed E-state index contributed by atoms with van der Waals surface area (Å²) in [5.41, 5.74) is 15.2. The molecule has 2 aliphatic carbocycles. The fraction of sp³-hybridized carbons (Fsp3) is 0.137. The smallest absolute Gasteiger partial charge is 0.0775 e. The number of anilines is 3. The Morgan fingerprint density at radius 3 is 1.66 bits per heavy atom. The number of rotatable bonds is 5. The first-order valence-corrected chi connectivity index (χ1v) is 22.6. The molecule has 0 N–H and O–H groups in total. The Morgan fingerprint density at radius 1 is 0.491 bits per heavy atom. The van der Waals surface area contributed by atoms with Crippen LogP contribution in [0.1, 0.15) is 47.6 Å². The van der Waals surface area contributed by atoms with E-state index in [-0.39, 0.29) is 0 Å². The molecule has 1 spiro atoms. The van der Waals surface area contributed by atoms with Gasteiger partial charge in [0.05, 0.1) is 19.2 Å². The van der Waals surface area contributed by atoms with E-state index >= 15 is 0 Å². The molecular weight excluding hydrogens is 655 g/mol. The SMILES string of the molecule is CC(C)c1ccc(N(c2ccc([Si](C)(C)C)cc2)c2cc3c(c4ccccc24)-c2ccc4ccccc4c2C32c3ccccc3-c3ccccc32)cc1. The zero-order valence-corrected chi connectivity index (χ0v) is 32.1. The summed E-state index contributed by atoms with van der Waals surface area (Å²) in [5.74, 6) is 0.463. The van der Waals surface area contributed by atoms with Gasteiger partial charge in [-0.25, -0.2) is 0 Å². The lowest BCUT2D eigenvalue weighted by atomic mass is 9.69. The normalized spacial score (nSPS) is 13.7. The van der Waals surface area contributed by atoms with Crippen molar-refractivity contribution in [3.63, 3.8) is 0 Å². The Hall–Kier alpha value is -5.70. The van der Waals surface area contributed by atoms with Crippen LogP contribution in [0.15, 0.2) is 164 Å². The molecule has 0 saturated carbocycles. The van der Waals surface area contributed by atoms with Crippen molar-refractivity contribution in [2.75, 3.05) is 4.90 Å². The molecule has 256 valence electrons. The van der Waals surface area contributed by atoms with Crippen LogP contribution in [0.4, 0.5) is 17.1 Å². The summed E-state index contributed by atoms with van der Waals surface area (Å²) in [7, 11) is -1.49.